The van der Waals surface area contributed by atoms with Crippen molar-refractivity contribution in [1.29, 1.82) is 0 Å². The lowest BCUT2D eigenvalue weighted by Gasteiger charge is -2.08. The SMILES string of the molecule is CC1=C(O)/C(=C/[C@H](C)CCC/C(C)=C/CC/C(C)=C/CCC2=CC(O)OC2=O)OC1=O. The molecule has 0 aromatic carbocycles. The molecule has 0 fully saturated rings. The molecule has 1 unspecified atom stereocenters. The Kier molecular flexibility index (Phi) is 9.31. The van der Waals surface area contributed by atoms with Crippen LogP contribution in [0.4, 0.5) is 0 Å². The molecule has 0 amide bonds. The molecular weight excluding hydrogens is 396 g/mol. The molecule has 0 spiro atoms. The molecular formula is C25H34O6. The number of ether oxygens (including phenoxy) is 2. The smallest absolute Gasteiger partial charge is 0.343 e. The number of rotatable bonds is 11. The molecule has 31 heavy (non-hydrogen) atoms. The van der Waals surface area contributed by atoms with E-state index in [1.165, 1.54) is 17.2 Å². The Labute approximate surface area is 184 Å². The average Bonchev–Trinajstić information content (AvgIpc) is 3.14. The van der Waals surface area contributed by atoms with E-state index in [1.54, 1.807) is 6.92 Å². The van der Waals surface area contributed by atoms with Crippen LogP contribution in [-0.2, 0) is 19.1 Å². The molecule has 2 aliphatic heterocycles. The van der Waals surface area contributed by atoms with Crippen molar-refractivity contribution in [2.45, 2.75) is 78.9 Å². The van der Waals surface area contributed by atoms with Crippen LogP contribution in [0.5, 0.6) is 0 Å². The first-order valence-corrected chi connectivity index (χ1v) is 10.9. The lowest BCUT2D eigenvalue weighted by Crippen LogP contribution is -2.06. The summed E-state index contributed by atoms with van der Waals surface area (Å²) in [6.45, 7) is 7.85. The Balaban J connectivity index is 1.64. The summed E-state index contributed by atoms with van der Waals surface area (Å²) in [5.74, 6) is -0.455. The fraction of sp³-hybridized carbons (Fsp3) is 0.520. The van der Waals surface area contributed by atoms with Crippen molar-refractivity contribution >= 4 is 11.9 Å². The summed E-state index contributed by atoms with van der Waals surface area (Å²) in [7, 11) is 0. The van der Waals surface area contributed by atoms with Crippen LogP contribution in [0, 0.1) is 5.92 Å². The summed E-state index contributed by atoms with van der Waals surface area (Å²) in [5, 5.41) is 19.1. The van der Waals surface area contributed by atoms with E-state index in [0.717, 1.165) is 38.5 Å². The predicted octanol–water partition coefficient (Wildman–Crippen LogP) is 5.32. The third-order valence-corrected chi connectivity index (χ3v) is 5.54. The Morgan fingerprint density at radius 2 is 1.81 bits per heavy atom. The Hall–Kier alpha value is -2.60. The molecule has 6 heteroatoms. The summed E-state index contributed by atoms with van der Waals surface area (Å²) in [6, 6.07) is 0. The molecule has 0 saturated heterocycles. The number of hydrogen-bond donors (Lipinski definition) is 2. The zero-order valence-electron chi connectivity index (χ0n) is 18.9. The molecule has 2 N–H and O–H groups in total. The maximum atomic E-state index is 11.4. The van der Waals surface area contributed by atoms with Crippen LogP contribution in [0.2, 0.25) is 0 Å². The van der Waals surface area contributed by atoms with Gasteiger partial charge in [0.15, 0.2) is 11.5 Å². The van der Waals surface area contributed by atoms with E-state index >= 15 is 0 Å². The highest BCUT2D eigenvalue weighted by molar-refractivity contribution is 5.93. The molecule has 170 valence electrons. The van der Waals surface area contributed by atoms with E-state index in [1.807, 2.05) is 6.08 Å². The van der Waals surface area contributed by atoms with Gasteiger partial charge in [0, 0.05) is 5.57 Å². The fourth-order valence-electron chi connectivity index (χ4n) is 3.53. The monoisotopic (exact) mass is 430 g/mol. The number of allylic oxidation sites excluding steroid dienone is 5. The maximum absolute atomic E-state index is 11.4. The van der Waals surface area contributed by atoms with Crippen LogP contribution < -0.4 is 0 Å². The van der Waals surface area contributed by atoms with Gasteiger partial charge in [0.05, 0.1) is 5.57 Å². The van der Waals surface area contributed by atoms with Crippen LogP contribution >= 0.6 is 0 Å². The lowest BCUT2D eigenvalue weighted by molar-refractivity contribution is -0.151. The second-order valence-electron chi connectivity index (χ2n) is 8.43. The molecule has 0 radical (unpaired) electrons. The highest BCUT2D eigenvalue weighted by Gasteiger charge is 2.26. The van der Waals surface area contributed by atoms with Crippen LogP contribution in [0.3, 0.4) is 0 Å². The van der Waals surface area contributed by atoms with Gasteiger partial charge in [-0.1, -0.05) is 30.2 Å². The second-order valence-corrected chi connectivity index (χ2v) is 8.43. The number of aliphatic hydroxyl groups is 2. The van der Waals surface area contributed by atoms with Gasteiger partial charge in [-0.2, -0.15) is 0 Å². The van der Waals surface area contributed by atoms with E-state index in [0.29, 0.717) is 12.0 Å². The minimum atomic E-state index is -1.09. The number of cyclic esters (lactones) is 2. The van der Waals surface area contributed by atoms with E-state index < -0.39 is 18.2 Å². The van der Waals surface area contributed by atoms with Gasteiger partial charge in [0.1, 0.15) is 0 Å². The largest absolute Gasteiger partial charge is 0.504 e. The zero-order valence-corrected chi connectivity index (χ0v) is 18.9. The van der Waals surface area contributed by atoms with Gasteiger partial charge in [-0.25, -0.2) is 9.59 Å². The second kappa shape index (κ2) is 11.7. The molecule has 0 aromatic rings. The van der Waals surface area contributed by atoms with E-state index in [9.17, 15) is 19.8 Å². The van der Waals surface area contributed by atoms with Crippen molar-refractivity contribution in [2.75, 3.05) is 0 Å². The van der Waals surface area contributed by atoms with Gasteiger partial charge in [-0.05, 0) is 83.8 Å². The third-order valence-electron chi connectivity index (χ3n) is 5.54. The Morgan fingerprint density at radius 1 is 1.13 bits per heavy atom. The minimum absolute atomic E-state index is 0.0474. The average molecular weight is 431 g/mol. The van der Waals surface area contributed by atoms with E-state index in [4.69, 9.17) is 4.74 Å². The van der Waals surface area contributed by atoms with Gasteiger partial charge in [-0.15, -0.1) is 0 Å². The molecule has 2 atom stereocenters. The topological polar surface area (TPSA) is 93.1 Å². The van der Waals surface area contributed by atoms with E-state index in [-0.39, 0.29) is 23.0 Å². The van der Waals surface area contributed by atoms with Crippen molar-refractivity contribution < 1.29 is 29.3 Å². The summed E-state index contributed by atoms with van der Waals surface area (Å²) in [6.07, 6.45) is 12.9. The van der Waals surface area contributed by atoms with E-state index in [2.05, 4.69) is 37.7 Å². The summed E-state index contributed by atoms with van der Waals surface area (Å²) < 4.78 is 9.75. The Bertz CT molecular complexity index is 840. The first kappa shape index (κ1) is 24.7. The third kappa shape index (κ3) is 7.87. The fourth-order valence-corrected chi connectivity index (χ4v) is 3.53. The first-order chi connectivity index (χ1) is 14.7. The number of hydrogen-bond acceptors (Lipinski definition) is 6. The first-order valence-electron chi connectivity index (χ1n) is 10.9. The lowest BCUT2D eigenvalue weighted by atomic mass is 9.99. The quantitative estimate of drug-likeness (QED) is 0.340. The highest BCUT2D eigenvalue weighted by Crippen LogP contribution is 2.26. The molecule has 0 aromatic heterocycles. The Morgan fingerprint density at radius 3 is 2.42 bits per heavy atom. The zero-order chi connectivity index (χ0) is 23.0. The number of carbonyl (C=O) groups is 2. The molecule has 6 nitrogen and oxygen atoms in total. The summed E-state index contributed by atoms with van der Waals surface area (Å²) in [4.78, 5) is 22.9. The normalized spacial score (nSPS) is 22.2. The molecule has 0 aliphatic carbocycles. The van der Waals surface area contributed by atoms with Crippen LogP contribution in [0.1, 0.15) is 72.6 Å². The van der Waals surface area contributed by atoms with Gasteiger partial charge in [-0.3, -0.25) is 0 Å². The highest BCUT2D eigenvalue weighted by atomic mass is 16.6. The van der Waals surface area contributed by atoms with Gasteiger partial charge in [0.2, 0.25) is 6.29 Å². The van der Waals surface area contributed by atoms with Gasteiger partial charge < -0.3 is 19.7 Å². The van der Waals surface area contributed by atoms with Crippen LogP contribution in [-0.4, -0.2) is 28.4 Å². The number of carbonyl (C=O) groups excluding carboxylic acids is 2. The van der Waals surface area contributed by atoms with Crippen molar-refractivity contribution in [1.82, 2.24) is 0 Å². The number of esters is 2. The molecule has 2 heterocycles. The van der Waals surface area contributed by atoms with Crippen LogP contribution in [0.15, 0.2) is 58.1 Å². The molecule has 2 aliphatic rings. The van der Waals surface area contributed by atoms with Crippen molar-refractivity contribution in [3.05, 3.63) is 58.1 Å². The molecule has 0 bridgehead atoms. The molecule has 2 rings (SSSR count). The minimum Gasteiger partial charge on any atom is -0.504 e. The predicted molar refractivity (Wildman–Crippen MR) is 119 cm³/mol. The van der Waals surface area contributed by atoms with Gasteiger partial charge >= 0.3 is 11.9 Å². The van der Waals surface area contributed by atoms with Crippen molar-refractivity contribution in [3.8, 4) is 0 Å². The standard InChI is InChI=1S/C25H34O6/c1-16(10-6-12-18(3)14-21-23(27)19(4)24(28)30-21)8-5-9-17(2)11-7-13-20-15-22(26)31-25(20)29/h8,11,14-15,18,22,26-27H,5-7,9-10,12-13H2,1-4H3/b16-8+,17-11+,21-14-/t18-,22?/m1/s1. The number of aliphatic hydroxyl groups excluding tert-OH is 2. The van der Waals surface area contributed by atoms with Crippen LogP contribution in [0.25, 0.3) is 0 Å². The van der Waals surface area contributed by atoms with Crippen molar-refractivity contribution in [3.63, 3.8) is 0 Å². The summed E-state index contributed by atoms with van der Waals surface area (Å²) in [5.41, 5.74) is 3.44. The van der Waals surface area contributed by atoms with Crippen molar-refractivity contribution in [2.24, 2.45) is 5.92 Å². The summed E-state index contributed by atoms with van der Waals surface area (Å²) >= 11 is 0. The molecule has 0 saturated carbocycles. The van der Waals surface area contributed by atoms with Gasteiger partial charge in [0.25, 0.3) is 0 Å². The maximum Gasteiger partial charge on any atom is 0.343 e.